The molecule has 1 unspecified atom stereocenters. The molecule has 1 aromatic rings. The zero-order chi connectivity index (χ0) is 14.2. The van der Waals surface area contributed by atoms with E-state index in [4.69, 9.17) is 4.74 Å². The van der Waals surface area contributed by atoms with Gasteiger partial charge in [-0.1, -0.05) is 30.3 Å². The average molecular weight is 275 g/mol. The van der Waals surface area contributed by atoms with Crippen LogP contribution in [-0.2, 0) is 11.3 Å². The first kappa shape index (κ1) is 13.4. The van der Waals surface area contributed by atoms with E-state index in [9.17, 15) is 9.90 Å². The van der Waals surface area contributed by atoms with Crippen LogP contribution < -0.4 is 0 Å². The maximum absolute atomic E-state index is 12.2. The van der Waals surface area contributed by atoms with Crippen molar-refractivity contribution < 1.29 is 14.6 Å². The summed E-state index contributed by atoms with van der Waals surface area (Å²) in [4.78, 5) is 14.0. The van der Waals surface area contributed by atoms with Crippen molar-refractivity contribution in [2.75, 3.05) is 6.54 Å². The molecule has 0 radical (unpaired) electrons. The van der Waals surface area contributed by atoms with Gasteiger partial charge in [0.15, 0.2) is 0 Å². The maximum atomic E-state index is 12.2. The molecular weight excluding hydrogens is 254 g/mol. The summed E-state index contributed by atoms with van der Waals surface area (Å²) in [7, 11) is 0. The second kappa shape index (κ2) is 5.09. The highest BCUT2D eigenvalue weighted by molar-refractivity contribution is 5.68. The van der Waals surface area contributed by atoms with Crippen molar-refractivity contribution >= 4 is 6.09 Å². The lowest BCUT2D eigenvalue weighted by molar-refractivity contribution is -0.151. The van der Waals surface area contributed by atoms with Gasteiger partial charge in [0.25, 0.3) is 0 Å². The number of hydrogen-bond donors (Lipinski definition) is 1. The highest BCUT2D eigenvalue weighted by Crippen LogP contribution is 2.47. The van der Waals surface area contributed by atoms with Gasteiger partial charge in [0.2, 0.25) is 0 Å². The predicted molar refractivity (Wildman–Crippen MR) is 75.1 cm³/mol. The Labute approximate surface area is 119 Å². The fourth-order valence-electron chi connectivity index (χ4n) is 3.48. The lowest BCUT2D eigenvalue weighted by atomic mass is 9.62. The number of nitrogens with zero attached hydrogens (tertiary/aromatic N) is 1. The fourth-order valence-corrected chi connectivity index (χ4v) is 3.48. The van der Waals surface area contributed by atoms with Gasteiger partial charge in [0.05, 0.1) is 5.60 Å². The van der Waals surface area contributed by atoms with Crippen LogP contribution >= 0.6 is 0 Å². The Kier molecular flexibility index (Phi) is 3.42. The fraction of sp³-hybridized carbons (Fsp3) is 0.562. The minimum Gasteiger partial charge on any atom is -0.445 e. The Hall–Kier alpha value is -1.55. The van der Waals surface area contributed by atoms with Crippen LogP contribution in [0.3, 0.4) is 0 Å². The van der Waals surface area contributed by atoms with Gasteiger partial charge in [-0.25, -0.2) is 4.79 Å². The molecule has 1 saturated heterocycles. The van der Waals surface area contributed by atoms with Crippen LogP contribution in [0, 0.1) is 5.92 Å². The smallest absolute Gasteiger partial charge is 0.410 e. The maximum Gasteiger partial charge on any atom is 0.410 e. The molecule has 4 nitrogen and oxygen atoms in total. The van der Waals surface area contributed by atoms with Gasteiger partial charge in [0.1, 0.15) is 6.61 Å². The largest absolute Gasteiger partial charge is 0.445 e. The van der Waals surface area contributed by atoms with Crippen LogP contribution in [0.15, 0.2) is 30.3 Å². The van der Waals surface area contributed by atoms with Crippen molar-refractivity contribution in [3.05, 3.63) is 35.9 Å². The summed E-state index contributed by atoms with van der Waals surface area (Å²) >= 11 is 0. The molecule has 4 heteroatoms. The number of aliphatic hydroxyl groups is 1. The summed E-state index contributed by atoms with van der Waals surface area (Å²) in [6, 6.07) is 9.85. The highest BCUT2D eigenvalue weighted by Gasteiger charge is 2.54. The SMILES string of the molecule is CC1(O)C[C@@H]2[C@H]1CCCN2C(=O)OCc1ccccc1. The molecule has 1 aliphatic carbocycles. The molecule has 20 heavy (non-hydrogen) atoms. The molecule has 1 N–H and O–H groups in total. The van der Waals surface area contributed by atoms with E-state index in [0.717, 1.165) is 24.9 Å². The van der Waals surface area contributed by atoms with E-state index in [1.54, 1.807) is 4.90 Å². The molecule has 1 saturated carbocycles. The third-order valence-corrected chi connectivity index (χ3v) is 4.64. The minimum atomic E-state index is -0.608. The molecule has 3 atom stereocenters. The molecule has 0 aromatic heterocycles. The third-order valence-electron chi connectivity index (χ3n) is 4.64. The first-order valence-electron chi connectivity index (χ1n) is 7.27. The molecule has 2 aliphatic rings. The van der Waals surface area contributed by atoms with E-state index in [1.807, 2.05) is 37.3 Å². The summed E-state index contributed by atoms with van der Waals surface area (Å²) in [5.41, 5.74) is 0.387. The van der Waals surface area contributed by atoms with Gasteiger partial charge in [-0.2, -0.15) is 0 Å². The van der Waals surface area contributed by atoms with E-state index >= 15 is 0 Å². The molecule has 3 rings (SSSR count). The molecule has 2 fully saturated rings. The van der Waals surface area contributed by atoms with Crippen LogP contribution in [0.5, 0.6) is 0 Å². The van der Waals surface area contributed by atoms with Gasteiger partial charge in [0, 0.05) is 18.5 Å². The van der Waals surface area contributed by atoms with Gasteiger partial charge >= 0.3 is 6.09 Å². The van der Waals surface area contributed by atoms with Crippen molar-refractivity contribution in [1.82, 2.24) is 4.90 Å². The van der Waals surface area contributed by atoms with E-state index in [-0.39, 0.29) is 18.1 Å². The second-order valence-electron chi connectivity index (χ2n) is 6.11. The second-order valence-corrected chi connectivity index (χ2v) is 6.11. The Morgan fingerprint density at radius 2 is 2.20 bits per heavy atom. The van der Waals surface area contributed by atoms with Gasteiger partial charge < -0.3 is 14.7 Å². The number of rotatable bonds is 2. The summed E-state index contributed by atoms with van der Waals surface area (Å²) in [6.45, 7) is 2.92. The average Bonchev–Trinajstić information content (AvgIpc) is 2.45. The quantitative estimate of drug-likeness (QED) is 0.902. The number of carbonyl (C=O) groups is 1. The number of amides is 1. The van der Waals surface area contributed by atoms with Crippen LogP contribution in [-0.4, -0.2) is 34.3 Å². The highest BCUT2D eigenvalue weighted by atomic mass is 16.6. The van der Waals surface area contributed by atoms with Crippen LogP contribution in [0.1, 0.15) is 31.7 Å². The first-order chi connectivity index (χ1) is 9.58. The Morgan fingerprint density at radius 3 is 2.90 bits per heavy atom. The third kappa shape index (κ3) is 2.40. The van der Waals surface area contributed by atoms with Crippen molar-refractivity contribution in [2.45, 2.75) is 44.4 Å². The standard InChI is InChI=1S/C16H21NO3/c1-16(19)10-14-13(16)8-5-9-17(14)15(18)20-11-12-6-3-2-4-7-12/h2-4,6-7,13-14,19H,5,8-11H2,1H3/t13-,14-,16?/m1/s1. The molecule has 1 amide bonds. The number of carbonyl (C=O) groups excluding carboxylic acids is 1. The van der Waals surface area contributed by atoms with Crippen molar-refractivity contribution in [3.8, 4) is 0 Å². The van der Waals surface area contributed by atoms with Crippen molar-refractivity contribution in [3.63, 3.8) is 0 Å². The van der Waals surface area contributed by atoms with Crippen LogP contribution in [0.25, 0.3) is 0 Å². The van der Waals surface area contributed by atoms with Crippen molar-refractivity contribution in [2.24, 2.45) is 5.92 Å². The summed E-state index contributed by atoms with van der Waals surface area (Å²) in [5.74, 6) is 0.209. The predicted octanol–water partition coefficient (Wildman–Crippen LogP) is 2.56. The normalized spacial score (nSPS) is 32.2. The molecule has 0 spiro atoms. The van der Waals surface area contributed by atoms with E-state index in [2.05, 4.69) is 0 Å². The Balaban J connectivity index is 1.58. The number of fused-ring (bicyclic) bond motifs is 1. The van der Waals surface area contributed by atoms with Crippen LogP contribution in [0.2, 0.25) is 0 Å². The molecule has 0 bridgehead atoms. The minimum absolute atomic E-state index is 0.155. The zero-order valence-electron chi connectivity index (χ0n) is 11.8. The van der Waals surface area contributed by atoms with Crippen molar-refractivity contribution in [1.29, 1.82) is 0 Å². The molecule has 1 heterocycles. The molecular formula is C16H21NO3. The number of piperidine rings is 1. The van der Waals surface area contributed by atoms with Gasteiger partial charge in [-0.05, 0) is 31.7 Å². The number of likely N-dealkylation sites (tertiary alicyclic amines) is 1. The Morgan fingerprint density at radius 1 is 1.45 bits per heavy atom. The summed E-state index contributed by atoms with van der Waals surface area (Å²) in [6.07, 6.45) is 2.36. The Bertz CT molecular complexity index is 486. The van der Waals surface area contributed by atoms with E-state index in [1.165, 1.54) is 0 Å². The van der Waals surface area contributed by atoms with Gasteiger partial charge in [-0.3, -0.25) is 0 Å². The summed E-state index contributed by atoms with van der Waals surface area (Å²) in [5, 5.41) is 10.1. The lowest BCUT2D eigenvalue weighted by Gasteiger charge is -2.56. The number of benzene rings is 1. The molecule has 108 valence electrons. The van der Waals surface area contributed by atoms with E-state index in [0.29, 0.717) is 13.0 Å². The van der Waals surface area contributed by atoms with Crippen LogP contribution in [0.4, 0.5) is 4.79 Å². The number of hydrogen-bond acceptors (Lipinski definition) is 3. The van der Waals surface area contributed by atoms with E-state index < -0.39 is 5.60 Å². The van der Waals surface area contributed by atoms with Gasteiger partial charge in [-0.15, -0.1) is 0 Å². The first-order valence-corrected chi connectivity index (χ1v) is 7.27. The summed E-state index contributed by atoms with van der Waals surface area (Å²) < 4.78 is 5.39. The topological polar surface area (TPSA) is 49.8 Å². The molecule has 1 aromatic carbocycles. The monoisotopic (exact) mass is 275 g/mol. The number of ether oxygens (including phenoxy) is 1. The lowest BCUT2D eigenvalue weighted by Crippen LogP contribution is -2.65. The zero-order valence-corrected chi connectivity index (χ0v) is 11.8. The molecule has 1 aliphatic heterocycles.